The van der Waals surface area contributed by atoms with Gasteiger partial charge in [-0.15, -0.1) is 0 Å². The van der Waals surface area contributed by atoms with Crippen molar-refractivity contribution >= 4 is 29.6 Å². The first kappa shape index (κ1) is 39.5. The molecule has 292 valence electrons. The zero-order valence-corrected chi connectivity index (χ0v) is 30.9. The molecular weight excluding hydrogens is 716 g/mol. The number of benzene rings is 3. The highest BCUT2D eigenvalue weighted by molar-refractivity contribution is 6.00. The summed E-state index contributed by atoms with van der Waals surface area (Å²) in [5.41, 5.74) is 2.37. The molecule has 1 unspecified atom stereocenters. The smallest absolute Gasteiger partial charge is 0.417 e. The fourth-order valence-corrected chi connectivity index (χ4v) is 7.74. The molecular formula is C41H46F4N6O4. The van der Waals surface area contributed by atoms with Crippen molar-refractivity contribution in [2.24, 2.45) is 0 Å². The molecule has 0 bridgehead atoms. The van der Waals surface area contributed by atoms with Gasteiger partial charge in [-0.3, -0.25) is 24.6 Å². The normalized spacial score (nSPS) is 18.5. The van der Waals surface area contributed by atoms with Crippen LogP contribution in [0.3, 0.4) is 0 Å². The number of halogens is 4. The Kier molecular flexibility index (Phi) is 12.6. The summed E-state index contributed by atoms with van der Waals surface area (Å²) in [7, 11) is 0. The lowest BCUT2D eigenvalue weighted by Crippen LogP contribution is -2.51. The van der Waals surface area contributed by atoms with Crippen LogP contribution in [0.4, 0.5) is 28.9 Å². The number of rotatable bonds is 13. The number of alkyl halides is 3. The molecule has 3 aliphatic rings. The molecule has 3 heterocycles. The molecule has 1 atom stereocenters. The lowest BCUT2D eigenvalue weighted by atomic mass is 9.89. The van der Waals surface area contributed by atoms with Crippen LogP contribution < -0.4 is 19.9 Å². The van der Waals surface area contributed by atoms with E-state index in [4.69, 9.17) is 10.00 Å². The molecule has 3 amide bonds. The number of piperidine rings is 2. The van der Waals surface area contributed by atoms with E-state index in [1.54, 1.807) is 18.2 Å². The monoisotopic (exact) mass is 762 g/mol. The number of carbonyl (C=O) groups excluding carboxylic acids is 3. The number of nitrogens with one attached hydrogen (secondary N) is 1. The number of nitrogens with zero attached hydrogens (tertiary/aromatic N) is 5. The van der Waals surface area contributed by atoms with Gasteiger partial charge in [0, 0.05) is 57.9 Å². The van der Waals surface area contributed by atoms with Gasteiger partial charge in [0.25, 0.3) is 0 Å². The third-order valence-electron chi connectivity index (χ3n) is 11.0. The molecule has 0 spiro atoms. The summed E-state index contributed by atoms with van der Waals surface area (Å²) < 4.78 is 61.7. The van der Waals surface area contributed by atoms with Crippen molar-refractivity contribution in [3.8, 4) is 11.8 Å². The van der Waals surface area contributed by atoms with Crippen molar-refractivity contribution in [3.05, 3.63) is 88.2 Å². The van der Waals surface area contributed by atoms with E-state index in [1.165, 1.54) is 22.6 Å². The molecule has 3 aromatic rings. The minimum atomic E-state index is -4.58. The zero-order valence-electron chi connectivity index (χ0n) is 30.9. The second kappa shape index (κ2) is 17.5. The predicted octanol–water partition coefficient (Wildman–Crippen LogP) is 6.15. The Bertz CT molecular complexity index is 1880. The minimum Gasteiger partial charge on any atom is -0.494 e. The Hall–Kier alpha value is -5.16. The molecule has 0 saturated carbocycles. The van der Waals surface area contributed by atoms with Gasteiger partial charge in [-0.2, -0.15) is 18.4 Å². The number of hydrogen-bond donors (Lipinski definition) is 1. The third kappa shape index (κ3) is 9.75. The van der Waals surface area contributed by atoms with Crippen LogP contribution in [0.2, 0.25) is 0 Å². The predicted molar refractivity (Wildman–Crippen MR) is 199 cm³/mol. The molecule has 6 rings (SSSR count). The molecule has 14 heteroatoms. The number of amides is 3. The van der Waals surface area contributed by atoms with E-state index in [2.05, 4.69) is 22.3 Å². The van der Waals surface area contributed by atoms with Gasteiger partial charge < -0.3 is 19.4 Å². The Balaban J connectivity index is 0.890. The van der Waals surface area contributed by atoms with Gasteiger partial charge in [-0.25, -0.2) is 4.39 Å². The molecule has 10 nitrogen and oxygen atoms in total. The standard InChI is InChI=1S/C41H46F4N6O4/c1-28-22-38(36(42)23-32(28)26-51(27-52)37-10-11-39(53)47-40(37)54)50-19-17-48(18-20-50)14-2-3-21-55-34-8-5-29(6-9-34)30-12-15-49(16-13-30)33-7-4-31(25-46)35(24-33)41(43,44)45/h4-9,22-24,27,30,37H,2-3,10-21,26H2,1H3,(H,47,53,54). The summed E-state index contributed by atoms with van der Waals surface area (Å²) in [6, 6.07) is 16.1. The number of aryl methyl sites for hydroxylation is 1. The van der Waals surface area contributed by atoms with Gasteiger partial charge in [-0.1, -0.05) is 12.1 Å². The van der Waals surface area contributed by atoms with E-state index in [0.29, 0.717) is 62.1 Å². The van der Waals surface area contributed by atoms with Crippen molar-refractivity contribution in [1.82, 2.24) is 15.1 Å². The lowest BCUT2D eigenvalue weighted by molar-refractivity contribution is -0.141. The summed E-state index contributed by atoms with van der Waals surface area (Å²) in [6.45, 7) is 7.67. The summed E-state index contributed by atoms with van der Waals surface area (Å²) >= 11 is 0. The van der Waals surface area contributed by atoms with Crippen LogP contribution in [0.15, 0.2) is 54.6 Å². The number of unbranched alkanes of at least 4 members (excludes halogenated alkanes) is 1. The number of anilines is 2. The quantitative estimate of drug-likeness (QED) is 0.0957. The Morgan fingerprint density at radius 3 is 2.33 bits per heavy atom. The van der Waals surface area contributed by atoms with Gasteiger partial charge >= 0.3 is 6.18 Å². The molecule has 0 radical (unpaired) electrons. The van der Waals surface area contributed by atoms with E-state index >= 15 is 4.39 Å². The fraction of sp³-hybridized carbons (Fsp3) is 0.463. The average Bonchev–Trinajstić information content (AvgIpc) is 3.18. The van der Waals surface area contributed by atoms with Gasteiger partial charge in [0.2, 0.25) is 18.2 Å². The number of ether oxygens (including phenoxy) is 1. The molecule has 0 aromatic heterocycles. The van der Waals surface area contributed by atoms with Crippen LogP contribution in [0.25, 0.3) is 0 Å². The topological polar surface area (TPSA) is 109 Å². The van der Waals surface area contributed by atoms with Crippen LogP contribution in [0.1, 0.15) is 72.3 Å². The first-order valence-corrected chi connectivity index (χ1v) is 18.8. The third-order valence-corrected chi connectivity index (χ3v) is 11.0. The number of carbonyl (C=O) groups is 3. The molecule has 3 aromatic carbocycles. The van der Waals surface area contributed by atoms with E-state index in [9.17, 15) is 27.6 Å². The van der Waals surface area contributed by atoms with Crippen LogP contribution in [0, 0.1) is 24.1 Å². The first-order chi connectivity index (χ1) is 26.4. The van der Waals surface area contributed by atoms with Gasteiger partial charge in [0.15, 0.2) is 0 Å². The van der Waals surface area contributed by atoms with Gasteiger partial charge in [0.1, 0.15) is 17.6 Å². The van der Waals surface area contributed by atoms with Crippen molar-refractivity contribution in [3.63, 3.8) is 0 Å². The maximum Gasteiger partial charge on any atom is 0.417 e. The number of hydrogen-bond acceptors (Lipinski definition) is 8. The second-order valence-corrected chi connectivity index (χ2v) is 14.5. The van der Waals surface area contributed by atoms with Crippen molar-refractivity contribution in [2.75, 3.05) is 62.2 Å². The largest absolute Gasteiger partial charge is 0.494 e. The molecule has 3 fully saturated rings. The van der Waals surface area contributed by atoms with E-state index < -0.39 is 23.7 Å². The van der Waals surface area contributed by atoms with E-state index in [0.717, 1.165) is 62.7 Å². The van der Waals surface area contributed by atoms with Crippen LogP contribution >= 0.6 is 0 Å². The maximum atomic E-state index is 15.4. The summed E-state index contributed by atoms with van der Waals surface area (Å²) in [5, 5.41) is 11.4. The molecule has 1 N–H and O–H groups in total. The first-order valence-electron chi connectivity index (χ1n) is 18.8. The lowest BCUT2D eigenvalue weighted by Gasteiger charge is -2.36. The van der Waals surface area contributed by atoms with E-state index in [-0.39, 0.29) is 36.7 Å². The summed E-state index contributed by atoms with van der Waals surface area (Å²) in [5.74, 6) is -0.142. The molecule has 55 heavy (non-hydrogen) atoms. The Morgan fingerprint density at radius 1 is 0.945 bits per heavy atom. The second-order valence-electron chi connectivity index (χ2n) is 14.5. The fourth-order valence-electron chi connectivity index (χ4n) is 7.74. The minimum absolute atomic E-state index is 0.0753. The van der Waals surface area contributed by atoms with E-state index in [1.807, 2.05) is 28.9 Å². The Morgan fingerprint density at radius 2 is 1.67 bits per heavy atom. The molecule has 3 aliphatic heterocycles. The molecule has 3 saturated heterocycles. The van der Waals surface area contributed by atoms with Gasteiger partial charge in [-0.05, 0) is 111 Å². The van der Waals surface area contributed by atoms with Crippen LogP contribution in [-0.4, -0.2) is 86.5 Å². The van der Waals surface area contributed by atoms with Crippen molar-refractivity contribution in [2.45, 2.75) is 70.1 Å². The van der Waals surface area contributed by atoms with Crippen LogP contribution in [-0.2, 0) is 27.1 Å². The number of piperazine rings is 1. The summed E-state index contributed by atoms with van der Waals surface area (Å²) in [6.07, 6.45) is -0.131. The number of nitriles is 1. The van der Waals surface area contributed by atoms with Crippen LogP contribution in [0.5, 0.6) is 5.75 Å². The SMILES string of the molecule is Cc1cc(N2CCN(CCCCOc3ccc(C4CCN(c5ccc(C#N)c(C(F)(F)F)c5)CC4)cc3)CC2)c(F)cc1CN(C=O)C1CCC(=O)NC1=O. The highest BCUT2D eigenvalue weighted by Crippen LogP contribution is 2.37. The highest BCUT2D eigenvalue weighted by atomic mass is 19.4. The average molecular weight is 763 g/mol. The maximum absolute atomic E-state index is 15.4. The molecule has 0 aliphatic carbocycles. The Labute approximate surface area is 318 Å². The van der Waals surface area contributed by atoms with Crippen molar-refractivity contribution in [1.29, 1.82) is 5.26 Å². The summed E-state index contributed by atoms with van der Waals surface area (Å²) in [4.78, 5) is 43.3. The number of imide groups is 1. The highest BCUT2D eigenvalue weighted by Gasteiger charge is 2.35. The zero-order chi connectivity index (χ0) is 39.1. The van der Waals surface area contributed by atoms with Crippen molar-refractivity contribution < 1.29 is 36.7 Å². The van der Waals surface area contributed by atoms with Gasteiger partial charge in [0.05, 0.1) is 29.5 Å².